The molecule has 6 heteroatoms. The Labute approximate surface area is 198 Å². The molecule has 0 saturated heterocycles. The van der Waals surface area contributed by atoms with Gasteiger partial charge in [-0.1, -0.05) is 48.9 Å². The number of rotatable bonds is 6. The van der Waals surface area contributed by atoms with E-state index in [9.17, 15) is 14.0 Å². The molecule has 2 atom stereocenters. The smallest absolute Gasteiger partial charge is 0.257 e. The first-order valence-corrected chi connectivity index (χ1v) is 12.3. The molecule has 1 aliphatic heterocycles. The summed E-state index contributed by atoms with van der Waals surface area (Å²) in [6.07, 6.45) is 1.47. The summed E-state index contributed by atoms with van der Waals surface area (Å²) in [7, 11) is 0. The summed E-state index contributed by atoms with van der Waals surface area (Å²) in [6, 6.07) is 15.9. The van der Waals surface area contributed by atoms with E-state index in [4.69, 9.17) is 0 Å². The minimum atomic E-state index is -0.568. The summed E-state index contributed by atoms with van der Waals surface area (Å²) >= 11 is 1.72. The molecule has 2 unspecified atom stereocenters. The fourth-order valence-electron chi connectivity index (χ4n) is 4.37. The number of fused-ring (bicyclic) bond motifs is 1. The lowest BCUT2D eigenvalue weighted by Gasteiger charge is -2.38. The highest BCUT2D eigenvalue weighted by Gasteiger charge is 2.35. The van der Waals surface area contributed by atoms with Crippen molar-refractivity contribution in [2.45, 2.75) is 45.7 Å². The van der Waals surface area contributed by atoms with Crippen molar-refractivity contribution in [2.75, 3.05) is 13.1 Å². The van der Waals surface area contributed by atoms with Gasteiger partial charge in [-0.05, 0) is 61.4 Å². The number of amides is 2. The van der Waals surface area contributed by atoms with Crippen LogP contribution in [0.2, 0.25) is 0 Å². The van der Waals surface area contributed by atoms with E-state index in [1.54, 1.807) is 23.5 Å². The Morgan fingerprint density at radius 3 is 2.58 bits per heavy atom. The second-order valence-corrected chi connectivity index (χ2v) is 9.62. The van der Waals surface area contributed by atoms with Gasteiger partial charge < -0.3 is 9.80 Å². The van der Waals surface area contributed by atoms with Crippen LogP contribution in [0.3, 0.4) is 0 Å². The lowest BCUT2D eigenvalue weighted by atomic mass is 9.92. The van der Waals surface area contributed by atoms with Crippen molar-refractivity contribution in [1.82, 2.24) is 9.80 Å². The fraction of sp³-hybridized carbons (Fsp3) is 0.333. The SMILES string of the molecule is CCC(C)N(CC(=O)N1CCc2sccc2C1c1ccc(C)cc1)C(=O)c1ccccc1F. The Hall–Kier alpha value is -2.99. The maximum atomic E-state index is 14.4. The molecule has 2 aromatic carbocycles. The summed E-state index contributed by atoms with van der Waals surface area (Å²) < 4.78 is 14.4. The number of nitrogens with zero attached hydrogens (tertiary/aromatic N) is 2. The third-order valence-electron chi connectivity index (χ3n) is 6.47. The molecule has 0 N–H and O–H groups in total. The van der Waals surface area contributed by atoms with E-state index in [-0.39, 0.29) is 30.1 Å². The molecule has 1 aromatic heterocycles. The van der Waals surface area contributed by atoms with Crippen LogP contribution >= 0.6 is 11.3 Å². The van der Waals surface area contributed by atoms with E-state index >= 15 is 0 Å². The Bertz CT molecular complexity index is 1140. The highest BCUT2D eigenvalue weighted by atomic mass is 32.1. The number of hydrogen-bond acceptors (Lipinski definition) is 3. The van der Waals surface area contributed by atoms with Crippen LogP contribution in [0, 0.1) is 12.7 Å². The molecule has 2 heterocycles. The van der Waals surface area contributed by atoms with Gasteiger partial charge in [0.25, 0.3) is 5.91 Å². The molecular formula is C27H29FN2O2S. The largest absolute Gasteiger partial charge is 0.330 e. The van der Waals surface area contributed by atoms with Crippen LogP contribution < -0.4 is 0 Å². The van der Waals surface area contributed by atoms with Gasteiger partial charge in [0.2, 0.25) is 5.91 Å². The Kier molecular flexibility index (Phi) is 6.94. The van der Waals surface area contributed by atoms with Crippen LogP contribution in [0.5, 0.6) is 0 Å². The first kappa shape index (κ1) is 23.2. The summed E-state index contributed by atoms with van der Waals surface area (Å²) in [4.78, 5) is 31.6. The lowest BCUT2D eigenvalue weighted by molar-refractivity contribution is -0.134. The molecule has 3 aromatic rings. The molecule has 4 nitrogen and oxygen atoms in total. The quantitative estimate of drug-likeness (QED) is 0.476. The molecule has 0 aliphatic carbocycles. The van der Waals surface area contributed by atoms with Crippen LogP contribution in [-0.4, -0.2) is 40.7 Å². The van der Waals surface area contributed by atoms with Gasteiger partial charge in [-0.15, -0.1) is 11.3 Å². The molecule has 1 aliphatic rings. The first-order chi connectivity index (χ1) is 15.9. The van der Waals surface area contributed by atoms with Crippen LogP contribution in [-0.2, 0) is 11.2 Å². The third-order valence-corrected chi connectivity index (χ3v) is 7.47. The molecule has 0 bridgehead atoms. The number of aryl methyl sites for hydroxylation is 1. The Morgan fingerprint density at radius 1 is 1.15 bits per heavy atom. The minimum Gasteiger partial charge on any atom is -0.330 e. The van der Waals surface area contributed by atoms with Crippen molar-refractivity contribution in [2.24, 2.45) is 0 Å². The molecule has 2 amide bonds. The number of benzene rings is 2. The minimum absolute atomic E-state index is 0.000510. The van der Waals surface area contributed by atoms with Crippen LogP contribution in [0.1, 0.15) is 58.2 Å². The maximum absolute atomic E-state index is 14.4. The molecule has 4 rings (SSSR count). The average molecular weight is 465 g/mol. The molecular weight excluding hydrogens is 435 g/mol. The van der Waals surface area contributed by atoms with Crippen molar-refractivity contribution >= 4 is 23.2 Å². The second-order valence-electron chi connectivity index (χ2n) is 8.62. The predicted molar refractivity (Wildman–Crippen MR) is 130 cm³/mol. The summed E-state index contributed by atoms with van der Waals surface area (Å²) in [5.74, 6) is -1.14. The number of carbonyl (C=O) groups is 2. The molecule has 33 heavy (non-hydrogen) atoms. The van der Waals surface area contributed by atoms with Crippen molar-refractivity contribution in [3.05, 3.63) is 92.9 Å². The number of halogens is 1. The van der Waals surface area contributed by atoms with Crippen LogP contribution in [0.4, 0.5) is 4.39 Å². The first-order valence-electron chi connectivity index (χ1n) is 11.4. The molecule has 0 saturated carbocycles. The van der Waals surface area contributed by atoms with E-state index < -0.39 is 11.7 Å². The number of thiophene rings is 1. The monoisotopic (exact) mass is 464 g/mol. The van der Waals surface area contributed by atoms with Crippen LogP contribution in [0.15, 0.2) is 60.0 Å². The normalized spacial score (nSPS) is 16.2. The number of hydrogen-bond donors (Lipinski definition) is 0. The molecule has 0 fully saturated rings. The zero-order valence-electron chi connectivity index (χ0n) is 19.3. The summed E-state index contributed by atoms with van der Waals surface area (Å²) in [5, 5.41) is 2.08. The van der Waals surface area contributed by atoms with Gasteiger partial charge in [-0.2, -0.15) is 0 Å². The highest BCUT2D eigenvalue weighted by Crippen LogP contribution is 2.38. The molecule has 0 radical (unpaired) electrons. The lowest BCUT2D eigenvalue weighted by Crippen LogP contribution is -2.49. The second kappa shape index (κ2) is 9.87. The van der Waals surface area contributed by atoms with E-state index in [2.05, 4.69) is 35.7 Å². The van der Waals surface area contributed by atoms with Crippen molar-refractivity contribution in [1.29, 1.82) is 0 Å². The van der Waals surface area contributed by atoms with Crippen molar-refractivity contribution in [3.8, 4) is 0 Å². The third kappa shape index (κ3) is 4.71. The fourth-order valence-corrected chi connectivity index (χ4v) is 5.27. The summed E-state index contributed by atoms with van der Waals surface area (Å²) in [6.45, 7) is 6.42. The standard InChI is InChI=1S/C27H29FN2O2S/c1-4-19(3)30(27(32)21-7-5-6-8-23(21)28)17-25(31)29-15-13-24-22(14-16-33-24)26(29)20-11-9-18(2)10-12-20/h5-12,14,16,19,26H,4,13,15,17H2,1-3H3. The van der Waals surface area contributed by atoms with Gasteiger partial charge in [-0.25, -0.2) is 4.39 Å². The van der Waals surface area contributed by atoms with E-state index in [1.807, 2.05) is 25.7 Å². The Balaban J connectivity index is 1.65. The van der Waals surface area contributed by atoms with Crippen LogP contribution in [0.25, 0.3) is 0 Å². The van der Waals surface area contributed by atoms with Crippen molar-refractivity contribution in [3.63, 3.8) is 0 Å². The Morgan fingerprint density at radius 2 is 1.88 bits per heavy atom. The maximum Gasteiger partial charge on any atom is 0.257 e. The summed E-state index contributed by atoms with van der Waals surface area (Å²) in [5.41, 5.74) is 3.37. The topological polar surface area (TPSA) is 40.6 Å². The van der Waals surface area contributed by atoms with E-state index in [1.165, 1.54) is 21.9 Å². The van der Waals surface area contributed by atoms with Crippen molar-refractivity contribution < 1.29 is 14.0 Å². The highest BCUT2D eigenvalue weighted by molar-refractivity contribution is 7.10. The van der Waals surface area contributed by atoms with Gasteiger partial charge in [0, 0.05) is 17.5 Å². The van der Waals surface area contributed by atoms with E-state index in [0.717, 1.165) is 23.1 Å². The average Bonchev–Trinajstić information content (AvgIpc) is 3.31. The van der Waals surface area contributed by atoms with Gasteiger partial charge >= 0.3 is 0 Å². The van der Waals surface area contributed by atoms with E-state index in [0.29, 0.717) is 13.0 Å². The molecule has 172 valence electrons. The van der Waals surface area contributed by atoms with Gasteiger partial charge in [-0.3, -0.25) is 9.59 Å². The number of carbonyl (C=O) groups excluding carboxylic acids is 2. The zero-order chi connectivity index (χ0) is 23.5. The molecule has 0 spiro atoms. The van der Waals surface area contributed by atoms with Gasteiger partial charge in [0.1, 0.15) is 12.4 Å². The van der Waals surface area contributed by atoms with Gasteiger partial charge in [0.05, 0.1) is 11.6 Å². The van der Waals surface area contributed by atoms with Gasteiger partial charge in [0.15, 0.2) is 0 Å². The zero-order valence-corrected chi connectivity index (χ0v) is 20.1. The predicted octanol–water partition coefficient (Wildman–Crippen LogP) is 5.61.